The molecule has 228 valence electrons. The molecule has 1 aliphatic rings. The average Bonchev–Trinajstić information content (AvgIpc) is 3.44. The second-order valence-electron chi connectivity index (χ2n) is 12.7. The van der Waals surface area contributed by atoms with Crippen molar-refractivity contribution in [2.75, 3.05) is 11.4 Å². The molecule has 1 N–H and O–H groups in total. The first-order valence-electron chi connectivity index (χ1n) is 16.3. The minimum absolute atomic E-state index is 0.177. The van der Waals surface area contributed by atoms with Gasteiger partial charge in [0.05, 0.1) is 0 Å². The molecule has 1 atom stereocenters. The van der Waals surface area contributed by atoms with Crippen LogP contribution in [0, 0.1) is 20.8 Å². The number of hydrogen-bond acceptors (Lipinski definition) is 1. The molecule has 0 bridgehead atoms. The van der Waals surface area contributed by atoms with Crippen LogP contribution in [-0.2, 0) is 39.2 Å². The van der Waals surface area contributed by atoms with Gasteiger partial charge in [-0.05, 0) is 0 Å². The van der Waals surface area contributed by atoms with Gasteiger partial charge in [0.1, 0.15) is 0 Å². The topological polar surface area (TPSA) is 27.6 Å². The summed E-state index contributed by atoms with van der Waals surface area (Å²) in [5.41, 5.74) is 12.2. The van der Waals surface area contributed by atoms with Crippen LogP contribution in [0.1, 0.15) is 57.5 Å². The SMILES string of the molecule is CCc1ccccc1C1CNC(=[N][Hf]([CH2]c2ccccc2)([CH2]c2ccccc2)[CH2]c2ccccc2)N1c1c(C)cc(C)cc1C. The molecule has 1 saturated heterocycles. The van der Waals surface area contributed by atoms with Crippen LogP contribution in [0.4, 0.5) is 5.69 Å². The van der Waals surface area contributed by atoms with Crippen molar-refractivity contribution in [3.8, 4) is 0 Å². The summed E-state index contributed by atoms with van der Waals surface area (Å²) in [6.07, 6.45) is 1.01. The van der Waals surface area contributed by atoms with Crippen LogP contribution in [-0.4, -0.2) is 12.5 Å². The molecule has 1 fully saturated rings. The van der Waals surface area contributed by atoms with Crippen molar-refractivity contribution < 1.29 is 20.3 Å². The Kier molecular flexibility index (Phi) is 9.80. The van der Waals surface area contributed by atoms with E-state index in [1.165, 1.54) is 50.2 Å². The summed E-state index contributed by atoms with van der Waals surface area (Å²) in [4.78, 5) is 2.58. The molecule has 3 nitrogen and oxygen atoms in total. The van der Waals surface area contributed by atoms with Gasteiger partial charge in [-0.1, -0.05) is 0 Å². The Labute approximate surface area is 274 Å². The summed E-state index contributed by atoms with van der Waals surface area (Å²) in [6.45, 7) is 9.85. The molecule has 0 saturated carbocycles. The first-order valence-corrected chi connectivity index (χ1v) is 25.6. The Bertz CT molecular complexity index is 1620. The van der Waals surface area contributed by atoms with Gasteiger partial charge in [0.15, 0.2) is 0 Å². The van der Waals surface area contributed by atoms with E-state index in [4.69, 9.17) is 2.98 Å². The van der Waals surface area contributed by atoms with Gasteiger partial charge in [-0.3, -0.25) is 0 Å². The van der Waals surface area contributed by atoms with Gasteiger partial charge >= 0.3 is 276 Å². The van der Waals surface area contributed by atoms with Gasteiger partial charge < -0.3 is 0 Å². The Hall–Kier alpha value is -3.76. The Morgan fingerprint density at radius 3 is 1.62 bits per heavy atom. The quantitative estimate of drug-likeness (QED) is 0.144. The minimum atomic E-state index is -3.70. The van der Waals surface area contributed by atoms with E-state index in [2.05, 4.69) is 165 Å². The number of guanidine groups is 1. The zero-order valence-electron chi connectivity index (χ0n) is 27.1. The summed E-state index contributed by atoms with van der Waals surface area (Å²) < 4.78 is 9.30. The molecule has 5 aromatic carbocycles. The van der Waals surface area contributed by atoms with Crippen molar-refractivity contribution in [1.29, 1.82) is 0 Å². The van der Waals surface area contributed by atoms with Crippen molar-refractivity contribution in [3.63, 3.8) is 0 Å². The third-order valence-electron chi connectivity index (χ3n) is 9.14. The fourth-order valence-electron chi connectivity index (χ4n) is 7.31. The Morgan fingerprint density at radius 2 is 1.13 bits per heavy atom. The van der Waals surface area contributed by atoms with Crippen molar-refractivity contribution in [1.82, 2.24) is 5.32 Å². The first kappa shape index (κ1) is 31.2. The molecular formula is C41H45HfN3. The van der Waals surface area contributed by atoms with Crippen molar-refractivity contribution in [3.05, 3.63) is 172 Å². The summed E-state index contributed by atoms with van der Waals surface area (Å²) in [6, 6.07) is 47.1. The molecule has 0 amide bonds. The second-order valence-corrected chi connectivity index (χ2v) is 26.1. The molecule has 0 aliphatic carbocycles. The Morgan fingerprint density at radius 1 is 0.667 bits per heavy atom. The van der Waals surface area contributed by atoms with E-state index in [9.17, 15) is 0 Å². The first-order chi connectivity index (χ1) is 21.9. The van der Waals surface area contributed by atoms with E-state index in [1.807, 2.05) is 0 Å². The molecule has 5 aromatic rings. The van der Waals surface area contributed by atoms with Crippen LogP contribution in [0.5, 0.6) is 0 Å². The normalized spacial score (nSPS) is 15.8. The van der Waals surface area contributed by atoms with Gasteiger partial charge in [0.25, 0.3) is 0 Å². The molecule has 0 spiro atoms. The molecule has 1 heterocycles. The van der Waals surface area contributed by atoms with Crippen LogP contribution in [0.2, 0.25) is 0 Å². The third kappa shape index (κ3) is 7.23. The summed E-state index contributed by atoms with van der Waals surface area (Å²) in [5, 5.41) is 3.92. The molecular weight excluding hydrogens is 713 g/mol. The molecule has 0 aromatic heterocycles. The number of anilines is 1. The fraction of sp³-hybridized carbons (Fsp3) is 0.244. The van der Waals surface area contributed by atoms with E-state index in [0.29, 0.717) is 0 Å². The van der Waals surface area contributed by atoms with E-state index < -0.39 is 20.3 Å². The predicted molar refractivity (Wildman–Crippen MR) is 188 cm³/mol. The number of hydrogen-bond donors (Lipinski definition) is 1. The number of rotatable bonds is 10. The third-order valence-corrected chi connectivity index (χ3v) is 23.1. The predicted octanol–water partition coefficient (Wildman–Crippen LogP) is 9.35. The van der Waals surface area contributed by atoms with Crippen molar-refractivity contribution in [2.24, 2.45) is 2.98 Å². The average molecular weight is 758 g/mol. The van der Waals surface area contributed by atoms with Crippen LogP contribution in [0.15, 0.2) is 130 Å². The van der Waals surface area contributed by atoms with E-state index in [0.717, 1.165) is 31.5 Å². The van der Waals surface area contributed by atoms with Gasteiger partial charge in [0.2, 0.25) is 0 Å². The monoisotopic (exact) mass is 759 g/mol. The maximum absolute atomic E-state index is 6.14. The van der Waals surface area contributed by atoms with E-state index in [1.54, 1.807) is 0 Å². The molecule has 6 rings (SSSR count). The number of nitrogens with zero attached hydrogens (tertiary/aromatic N) is 2. The van der Waals surface area contributed by atoms with Crippen molar-refractivity contribution in [2.45, 2.75) is 52.7 Å². The number of nitrogens with one attached hydrogen (secondary N) is 1. The number of benzene rings is 5. The van der Waals surface area contributed by atoms with E-state index >= 15 is 0 Å². The van der Waals surface area contributed by atoms with Crippen LogP contribution in [0.3, 0.4) is 0 Å². The van der Waals surface area contributed by atoms with E-state index in [-0.39, 0.29) is 6.04 Å². The fourth-order valence-corrected chi connectivity index (χ4v) is 22.5. The molecule has 0 radical (unpaired) electrons. The summed E-state index contributed by atoms with van der Waals surface area (Å²) in [5.74, 6) is 1.06. The van der Waals surface area contributed by atoms with Crippen LogP contribution >= 0.6 is 0 Å². The number of aryl methyl sites for hydroxylation is 4. The maximum atomic E-state index is 6.14. The van der Waals surface area contributed by atoms with Crippen LogP contribution < -0.4 is 10.2 Å². The molecule has 1 unspecified atom stereocenters. The summed E-state index contributed by atoms with van der Waals surface area (Å²) in [7, 11) is 0. The Balaban J connectivity index is 1.56. The van der Waals surface area contributed by atoms with Crippen molar-refractivity contribution >= 4 is 11.6 Å². The van der Waals surface area contributed by atoms with Gasteiger partial charge in [0, 0.05) is 0 Å². The molecule has 45 heavy (non-hydrogen) atoms. The zero-order valence-corrected chi connectivity index (χ0v) is 30.7. The molecule has 4 heteroatoms. The zero-order chi connectivity index (χ0) is 31.2. The second kappa shape index (κ2) is 14.1. The van der Waals surface area contributed by atoms with Crippen LogP contribution in [0.25, 0.3) is 0 Å². The van der Waals surface area contributed by atoms with Gasteiger partial charge in [-0.2, -0.15) is 0 Å². The summed E-state index contributed by atoms with van der Waals surface area (Å²) >= 11 is -3.70. The molecule has 1 aliphatic heterocycles. The van der Waals surface area contributed by atoms with Gasteiger partial charge in [-0.25, -0.2) is 0 Å². The van der Waals surface area contributed by atoms with Gasteiger partial charge in [-0.15, -0.1) is 0 Å². The standard InChI is InChI=1S/C20H24N3.3C7H7.Hf/c1-5-16-8-6-7-9-17(16)18-12-22-20(21)23(18)19-14(3)10-13(2)11-15(19)4;3*1-7-5-3-2-4-6-7;/h6-11,18H,5,12H2,1-4H3,(H-,21,22);3*2-6H,1H2;/q-1;;;;+1.